The fourth-order valence-electron chi connectivity index (χ4n) is 2.05. The molecule has 1 amide bonds. The summed E-state index contributed by atoms with van der Waals surface area (Å²) in [6.07, 6.45) is 3.73. The van der Waals surface area contributed by atoms with E-state index in [-0.39, 0.29) is 11.7 Å². The van der Waals surface area contributed by atoms with Crippen LogP contribution in [0.25, 0.3) is 0 Å². The summed E-state index contributed by atoms with van der Waals surface area (Å²) in [4.78, 5) is 26.9. The summed E-state index contributed by atoms with van der Waals surface area (Å²) < 4.78 is 12.9. The second-order valence-electron chi connectivity index (χ2n) is 4.37. The molecule has 1 N–H and O–H groups in total. The molecule has 0 heterocycles. The highest BCUT2D eigenvalue weighted by Crippen LogP contribution is 2.22. The molecule has 7 heteroatoms. The number of carbonyl (C=O) groups is 1. The van der Waals surface area contributed by atoms with Crippen molar-refractivity contribution in [3.63, 3.8) is 0 Å². The van der Waals surface area contributed by atoms with Gasteiger partial charge in [-0.3, -0.25) is 19.7 Å². The lowest BCUT2D eigenvalue weighted by molar-refractivity contribution is -0.385. The first-order valence-electron chi connectivity index (χ1n) is 5.98. The van der Waals surface area contributed by atoms with Crippen molar-refractivity contribution >= 4 is 11.6 Å². The van der Waals surface area contributed by atoms with E-state index in [2.05, 4.69) is 5.48 Å². The molecule has 0 aliphatic heterocycles. The molecule has 0 radical (unpaired) electrons. The third kappa shape index (κ3) is 3.25. The number of amides is 1. The van der Waals surface area contributed by atoms with Crippen LogP contribution < -0.4 is 5.48 Å². The van der Waals surface area contributed by atoms with E-state index in [9.17, 15) is 19.3 Å². The van der Waals surface area contributed by atoms with Crippen LogP contribution in [0.1, 0.15) is 36.0 Å². The minimum Gasteiger partial charge on any atom is -0.270 e. The Morgan fingerprint density at radius 1 is 1.42 bits per heavy atom. The van der Waals surface area contributed by atoms with Crippen molar-refractivity contribution in [2.45, 2.75) is 31.8 Å². The van der Waals surface area contributed by atoms with Gasteiger partial charge in [0.15, 0.2) is 0 Å². The zero-order chi connectivity index (χ0) is 13.8. The quantitative estimate of drug-likeness (QED) is 0.671. The summed E-state index contributed by atoms with van der Waals surface area (Å²) in [5.41, 5.74) is 1.40. The number of nitro groups is 1. The fourth-order valence-corrected chi connectivity index (χ4v) is 2.05. The van der Waals surface area contributed by atoms with Crippen LogP contribution in [0.3, 0.4) is 0 Å². The Morgan fingerprint density at radius 2 is 2.11 bits per heavy atom. The molecule has 6 nitrogen and oxygen atoms in total. The zero-order valence-electron chi connectivity index (χ0n) is 10.1. The molecule has 2 rings (SSSR count). The molecule has 0 bridgehead atoms. The van der Waals surface area contributed by atoms with Gasteiger partial charge in [-0.25, -0.2) is 9.87 Å². The summed E-state index contributed by atoms with van der Waals surface area (Å²) in [6, 6.07) is 2.78. The number of hydroxylamine groups is 1. The van der Waals surface area contributed by atoms with Crippen molar-refractivity contribution in [1.29, 1.82) is 0 Å². The van der Waals surface area contributed by atoms with Crippen LogP contribution >= 0.6 is 0 Å². The van der Waals surface area contributed by atoms with Crippen molar-refractivity contribution in [3.8, 4) is 0 Å². The Hall–Kier alpha value is -2.02. The summed E-state index contributed by atoms with van der Waals surface area (Å²) in [5.74, 6) is -1.50. The van der Waals surface area contributed by atoms with Gasteiger partial charge in [0, 0.05) is 0 Å². The standard InChI is InChI=1S/C12H13FN2O4/c13-8-5-6-10(11(7-8)15(17)18)12(16)14-19-9-3-1-2-4-9/h5-7,9H,1-4H2,(H,14,16). The van der Waals surface area contributed by atoms with Gasteiger partial charge in [0.1, 0.15) is 11.4 Å². The number of nitrogens with zero attached hydrogens (tertiary/aromatic N) is 1. The van der Waals surface area contributed by atoms with Gasteiger partial charge in [0.05, 0.1) is 17.1 Å². The van der Waals surface area contributed by atoms with Gasteiger partial charge in [0.2, 0.25) is 0 Å². The summed E-state index contributed by atoms with van der Waals surface area (Å²) in [7, 11) is 0. The maximum absolute atomic E-state index is 12.9. The van der Waals surface area contributed by atoms with Crippen LogP contribution in [0.4, 0.5) is 10.1 Å². The van der Waals surface area contributed by atoms with E-state index in [1.165, 1.54) is 0 Å². The Bertz CT molecular complexity index is 501. The summed E-state index contributed by atoms with van der Waals surface area (Å²) >= 11 is 0. The first-order valence-corrected chi connectivity index (χ1v) is 5.98. The molecular weight excluding hydrogens is 255 g/mol. The average molecular weight is 268 g/mol. The smallest absolute Gasteiger partial charge is 0.270 e. The fraction of sp³-hybridized carbons (Fsp3) is 0.417. The minimum atomic E-state index is -0.798. The lowest BCUT2D eigenvalue weighted by Gasteiger charge is -2.11. The first kappa shape index (κ1) is 13.4. The van der Waals surface area contributed by atoms with Crippen LogP contribution in [0.2, 0.25) is 0 Å². The first-order chi connectivity index (χ1) is 9.08. The van der Waals surface area contributed by atoms with Crippen LogP contribution in [0.15, 0.2) is 18.2 Å². The number of carbonyl (C=O) groups excluding carboxylic acids is 1. The third-order valence-corrected chi connectivity index (χ3v) is 3.02. The van der Waals surface area contributed by atoms with E-state index < -0.39 is 22.3 Å². The number of hydrogen-bond donors (Lipinski definition) is 1. The summed E-state index contributed by atoms with van der Waals surface area (Å²) in [5, 5.41) is 10.8. The average Bonchev–Trinajstić information content (AvgIpc) is 2.88. The zero-order valence-corrected chi connectivity index (χ0v) is 10.1. The van der Waals surface area contributed by atoms with Gasteiger partial charge in [0.25, 0.3) is 11.6 Å². The SMILES string of the molecule is O=C(NOC1CCCC1)c1ccc(F)cc1[N+](=O)[O-]. The van der Waals surface area contributed by atoms with Gasteiger partial charge >= 0.3 is 0 Å². The van der Waals surface area contributed by atoms with Crippen LogP contribution in [0.5, 0.6) is 0 Å². The molecule has 1 aromatic carbocycles. The molecule has 0 unspecified atom stereocenters. The number of nitrogens with one attached hydrogen (secondary N) is 1. The van der Waals surface area contributed by atoms with Gasteiger partial charge in [-0.1, -0.05) is 12.8 Å². The van der Waals surface area contributed by atoms with E-state index >= 15 is 0 Å². The molecule has 1 aliphatic rings. The van der Waals surface area contributed by atoms with Gasteiger partial charge in [-0.15, -0.1) is 0 Å². The number of halogens is 1. The molecule has 0 atom stereocenters. The summed E-state index contributed by atoms with van der Waals surface area (Å²) in [6.45, 7) is 0. The molecule has 1 aromatic rings. The maximum atomic E-state index is 12.9. The van der Waals surface area contributed by atoms with Crippen molar-refractivity contribution in [3.05, 3.63) is 39.7 Å². The van der Waals surface area contributed by atoms with Gasteiger partial charge in [-0.2, -0.15) is 0 Å². The maximum Gasteiger partial charge on any atom is 0.285 e. The van der Waals surface area contributed by atoms with E-state index in [4.69, 9.17) is 4.84 Å². The normalized spacial score (nSPS) is 15.4. The molecule has 102 valence electrons. The van der Waals surface area contributed by atoms with Crippen molar-refractivity contribution in [2.24, 2.45) is 0 Å². The number of hydrogen-bond acceptors (Lipinski definition) is 4. The van der Waals surface area contributed by atoms with Crippen molar-refractivity contribution < 1.29 is 18.9 Å². The minimum absolute atomic E-state index is 0.0524. The molecule has 0 saturated heterocycles. The third-order valence-electron chi connectivity index (χ3n) is 3.02. The lowest BCUT2D eigenvalue weighted by Crippen LogP contribution is -2.28. The molecule has 1 saturated carbocycles. The predicted molar refractivity (Wildman–Crippen MR) is 63.9 cm³/mol. The Morgan fingerprint density at radius 3 is 2.74 bits per heavy atom. The second-order valence-corrected chi connectivity index (χ2v) is 4.37. The topological polar surface area (TPSA) is 81.5 Å². The van der Waals surface area contributed by atoms with E-state index in [0.717, 1.165) is 37.8 Å². The molecule has 1 fully saturated rings. The van der Waals surface area contributed by atoms with Crippen LogP contribution in [-0.2, 0) is 4.84 Å². The molecule has 0 aromatic heterocycles. The Labute approximate surface area is 108 Å². The highest BCUT2D eigenvalue weighted by molar-refractivity contribution is 5.97. The molecule has 1 aliphatic carbocycles. The second kappa shape index (κ2) is 5.75. The van der Waals surface area contributed by atoms with E-state index in [0.29, 0.717) is 6.07 Å². The van der Waals surface area contributed by atoms with Gasteiger partial charge in [-0.05, 0) is 25.0 Å². The van der Waals surface area contributed by atoms with Gasteiger partial charge < -0.3 is 0 Å². The number of benzene rings is 1. The number of nitro benzene ring substituents is 1. The lowest BCUT2D eigenvalue weighted by atomic mass is 10.1. The van der Waals surface area contributed by atoms with E-state index in [1.54, 1.807) is 0 Å². The Balaban J connectivity index is 2.07. The Kier molecular flexibility index (Phi) is 4.06. The molecule has 0 spiro atoms. The predicted octanol–water partition coefficient (Wildman–Crippen LogP) is 2.34. The highest BCUT2D eigenvalue weighted by atomic mass is 19.1. The van der Waals surface area contributed by atoms with Crippen LogP contribution in [-0.4, -0.2) is 16.9 Å². The monoisotopic (exact) mass is 268 g/mol. The van der Waals surface area contributed by atoms with Crippen molar-refractivity contribution in [2.75, 3.05) is 0 Å². The number of rotatable bonds is 4. The highest BCUT2D eigenvalue weighted by Gasteiger charge is 2.23. The largest absolute Gasteiger partial charge is 0.285 e. The molecule has 19 heavy (non-hydrogen) atoms. The van der Waals surface area contributed by atoms with Crippen molar-refractivity contribution in [1.82, 2.24) is 5.48 Å². The van der Waals surface area contributed by atoms with Crippen LogP contribution in [0, 0.1) is 15.9 Å². The molecular formula is C12H13FN2O4. The van der Waals surface area contributed by atoms with E-state index in [1.807, 2.05) is 0 Å².